The number of hydrazone groups is 1. The van der Waals surface area contributed by atoms with Crippen molar-refractivity contribution >= 4 is 52.6 Å². The minimum Gasteiger partial charge on any atom is -0.507 e. The second-order valence-corrected chi connectivity index (χ2v) is 6.92. The molecular formula is C19H20Cl3N3O3. The van der Waals surface area contributed by atoms with Crippen molar-refractivity contribution in [1.82, 2.24) is 5.43 Å². The van der Waals surface area contributed by atoms with Crippen LogP contribution < -0.4 is 15.1 Å². The lowest BCUT2D eigenvalue weighted by Gasteiger charge is -2.21. The predicted octanol–water partition coefficient (Wildman–Crippen LogP) is 4.73. The van der Waals surface area contributed by atoms with Crippen molar-refractivity contribution < 1.29 is 14.6 Å². The molecule has 9 heteroatoms. The lowest BCUT2D eigenvalue weighted by atomic mass is 10.2. The molecular weight excluding hydrogens is 425 g/mol. The molecule has 28 heavy (non-hydrogen) atoms. The van der Waals surface area contributed by atoms with Gasteiger partial charge in [-0.15, -0.1) is 0 Å². The van der Waals surface area contributed by atoms with Crippen LogP contribution in [0.25, 0.3) is 0 Å². The molecule has 0 bridgehead atoms. The highest BCUT2D eigenvalue weighted by Gasteiger charge is 2.09. The first-order valence-electron chi connectivity index (χ1n) is 8.52. The van der Waals surface area contributed by atoms with E-state index in [1.165, 1.54) is 18.3 Å². The number of anilines is 1. The van der Waals surface area contributed by atoms with Gasteiger partial charge in [0.05, 0.1) is 21.3 Å². The van der Waals surface area contributed by atoms with Crippen LogP contribution in [0.5, 0.6) is 11.5 Å². The minimum atomic E-state index is -0.502. The Morgan fingerprint density at radius 3 is 2.46 bits per heavy atom. The van der Waals surface area contributed by atoms with E-state index in [0.29, 0.717) is 10.6 Å². The predicted molar refractivity (Wildman–Crippen MR) is 114 cm³/mol. The summed E-state index contributed by atoms with van der Waals surface area (Å²) < 4.78 is 5.31. The van der Waals surface area contributed by atoms with E-state index in [-0.39, 0.29) is 28.2 Å². The summed E-state index contributed by atoms with van der Waals surface area (Å²) in [5, 5.41) is 14.8. The molecule has 0 heterocycles. The maximum Gasteiger partial charge on any atom is 0.277 e. The maximum absolute atomic E-state index is 11.9. The molecule has 2 aromatic rings. The number of nitrogens with one attached hydrogen (secondary N) is 1. The van der Waals surface area contributed by atoms with Gasteiger partial charge >= 0.3 is 0 Å². The largest absolute Gasteiger partial charge is 0.507 e. The lowest BCUT2D eigenvalue weighted by Crippen LogP contribution is -2.24. The number of hydrogen-bond donors (Lipinski definition) is 2. The molecule has 0 atom stereocenters. The molecule has 0 radical (unpaired) electrons. The molecule has 2 N–H and O–H groups in total. The topological polar surface area (TPSA) is 74.2 Å². The van der Waals surface area contributed by atoms with Crippen LogP contribution in [0.1, 0.15) is 19.4 Å². The molecule has 0 spiro atoms. The Morgan fingerprint density at radius 2 is 1.82 bits per heavy atom. The van der Waals surface area contributed by atoms with Gasteiger partial charge in [0.25, 0.3) is 5.91 Å². The molecule has 0 unspecified atom stereocenters. The van der Waals surface area contributed by atoms with Gasteiger partial charge in [0.2, 0.25) is 0 Å². The Balaban J connectivity index is 1.92. The van der Waals surface area contributed by atoms with Gasteiger partial charge in [0, 0.05) is 36.5 Å². The van der Waals surface area contributed by atoms with Crippen molar-refractivity contribution in [3.63, 3.8) is 0 Å². The van der Waals surface area contributed by atoms with Crippen LogP contribution in [0.4, 0.5) is 5.69 Å². The average molecular weight is 445 g/mol. The van der Waals surface area contributed by atoms with Crippen LogP contribution in [0.2, 0.25) is 15.1 Å². The first-order valence-corrected chi connectivity index (χ1v) is 9.66. The van der Waals surface area contributed by atoms with E-state index in [4.69, 9.17) is 39.5 Å². The van der Waals surface area contributed by atoms with Crippen molar-refractivity contribution in [3.8, 4) is 11.5 Å². The van der Waals surface area contributed by atoms with Gasteiger partial charge in [0.1, 0.15) is 11.5 Å². The maximum atomic E-state index is 11.9. The number of hydrogen-bond acceptors (Lipinski definition) is 5. The lowest BCUT2D eigenvalue weighted by molar-refractivity contribution is -0.123. The number of carbonyl (C=O) groups excluding carboxylic acids is 1. The molecule has 0 aromatic heterocycles. The van der Waals surface area contributed by atoms with Crippen LogP contribution in [0.3, 0.4) is 0 Å². The van der Waals surface area contributed by atoms with E-state index in [1.54, 1.807) is 12.1 Å². The van der Waals surface area contributed by atoms with Gasteiger partial charge in [-0.1, -0.05) is 34.8 Å². The number of rotatable bonds is 8. The van der Waals surface area contributed by atoms with Crippen molar-refractivity contribution in [3.05, 3.63) is 51.0 Å². The number of ether oxygens (including phenoxy) is 1. The van der Waals surface area contributed by atoms with Crippen LogP contribution >= 0.6 is 34.8 Å². The zero-order valence-corrected chi connectivity index (χ0v) is 17.6. The Hall–Kier alpha value is -2.15. The van der Waals surface area contributed by atoms with Crippen LogP contribution in [-0.4, -0.2) is 36.9 Å². The quantitative estimate of drug-likeness (QED) is 0.351. The third-order valence-electron chi connectivity index (χ3n) is 3.87. The van der Waals surface area contributed by atoms with Gasteiger partial charge in [0.15, 0.2) is 6.61 Å². The molecule has 0 saturated heterocycles. The molecule has 2 rings (SSSR count). The molecule has 0 aliphatic rings. The zero-order valence-electron chi connectivity index (χ0n) is 15.4. The van der Waals surface area contributed by atoms with E-state index < -0.39 is 5.91 Å². The smallest absolute Gasteiger partial charge is 0.277 e. The van der Waals surface area contributed by atoms with Crippen molar-refractivity contribution in [1.29, 1.82) is 0 Å². The average Bonchev–Trinajstić information content (AvgIpc) is 2.66. The highest BCUT2D eigenvalue weighted by atomic mass is 35.5. The number of carbonyl (C=O) groups is 1. The molecule has 0 aliphatic carbocycles. The molecule has 0 fully saturated rings. The van der Waals surface area contributed by atoms with Gasteiger partial charge < -0.3 is 14.7 Å². The fraction of sp³-hybridized carbons (Fsp3) is 0.263. The van der Waals surface area contributed by atoms with Crippen LogP contribution in [-0.2, 0) is 4.79 Å². The summed E-state index contributed by atoms with van der Waals surface area (Å²) in [7, 11) is 0. The molecule has 1 amide bonds. The second-order valence-electron chi connectivity index (χ2n) is 5.69. The third kappa shape index (κ3) is 5.92. The number of amides is 1. The van der Waals surface area contributed by atoms with E-state index in [1.807, 2.05) is 19.9 Å². The summed E-state index contributed by atoms with van der Waals surface area (Å²) >= 11 is 17.7. The number of aromatic hydroxyl groups is 1. The summed E-state index contributed by atoms with van der Waals surface area (Å²) in [4.78, 5) is 14.0. The standard InChI is InChI=1S/C19H20Cl3N3O3/c1-3-25(4-2)13-6-5-12(17(26)7-13)10-23-24-19(27)11-28-18-9-15(21)14(20)8-16(18)22/h5-10,26H,3-4,11H2,1-2H3,(H,24,27)/b23-10+. The number of halogens is 3. The first-order chi connectivity index (χ1) is 13.3. The zero-order chi connectivity index (χ0) is 20.7. The highest BCUT2D eigenvalue weighted by molar-refractivity contribution is 6.43. The summed E-state index contributed by atoms with van der Waals surface area (Å²) in [6.45, 7) is 5.43. The Bertz CT molecular complexity index is 871. The molecule has 0 saturated carbocycles. The Morgan fingerprint density at radius 1 is 1.14 bits per heavy atom. The van der Waals surface area contributed by atoms with Crippen molar-refractivity contribution in [2.45, 2.75) is 13.8 Å². The van der Waals surface area contributed by atoms with E-state index in [2.05, 4.69) is 15.4 Å². The van der Waals surface area contributed by atoms with E-state index in [0.717, 1.165) is 18.8 Å². The molecule has 150 valence electrons. The Kier molecular flexibility index (Phi) is 8.23. The Labute approximate surface area is 178 Å². The number of phenols is 1. The van der Waals surface area contributed by atoms with Crippen molar-refractivity contribution in [2.75, 3.05) is 24.6 Å². The van der Waals surface area contributed by atoms with E-state index >= 15 is 0 Å². The molecule has 6 nitrogen and oxygen atoms in total. The van der Waals surface area contributed by atoms with Gasteiger partial charge in [-0.05, 0) is 32.0 Å². The summed E-state index contributed by atoms with van der Waals surface area (Å²) in [5.41, 5.74) is 3.70. The molecule has 0 aliphatic heterocycles. The van der Waals surface area contributed by atoms with Gasteiger partial charge in [-0.25, -0.2) is 5.43 Å². The van der Waals surface area contributed by atoms with Gasteiger partial charge in [-0.2, -0.15) is 5.10 Å². The van der Waals surface area contributed by atoms with Crippen molar-refractivity contribution in [2.24, 2.45) is 5.10 Å². The normalized spacial score (nSPS) is 10.9. The third-order valence-corrected chi connectivity index (χ3v) is 4.89. The minimum absolute atomic E-state index is 0.0706. The summed E-state index contributed by atoms with van der Waals surface area (Å²) in [6, 6.07) is 8.13. The fourth-order valence-electron chi connectivity index (χ4n) is 2.39. The fourth-order valence-corrected chi connectivity index (χ4v) is 2.98. The number of nitrogens with zero attached hydrogens (tertiary/aromatic N) is 2. The number of phenolic OH excluding ortho intramolecular Hbond substituents is 1. The molecule has 2 aromatic carbocycles. The summed E-state index contributed by atoms with van der Waals surface area (Å²) in [6.07, 6.45) is 1.35. The van der Waals surface area contributed by atoms with Gasteiger partial charge in [-0.3, -0.25) is 4.79 Å². The SMILES string of the molecule is CCN(CC)c1ccc(/C=N/NC(=O)COc2cc(Cl)c(Cl)cc2Cl)c(O)c1. The summed E-state index contributed by atoms with van der Waals surface area (Å²) in [5.74, 6) is -0.196. The monoisotopic (exact) mass is 443 g/mol. The first kappa shape index (κ1) is 22.1. The van der Waals surface area contributed by atoms with Crippen LogP contribution in [0.15, 0.2) is 35.4 Å². The highest BCUT2D eigenvalue weighted by Crippen LogP contribution is 2.33. The van der Waals surface area contributed by atoms with E-state index in [9.17, 15) is 9.90 Å². The number of benzene rings is 2. The second kappa shape index (κ2) is 10.4. The van der Waals surface area contributed by atoms with Crippen LogP contribution in [0, 0.1) is 0 Å².